The van der Waals surface area contributed by atoms with Gasteiger partial charge in [0.15, 0.2) is 0 Å². The van der Waals surface area contributed by atoms with Crippen molar-refractivity contribution in [3.8, 4) is 0 Å². The standard InChI is InChI=1S/C8H12ClN3OS/c1-2-12(5-3-4-9)8(13)7-6-10-11-14-7/h6H,2-5H2,1H3. The quantitative estimate of drug-likeness (QED) is 0.727. The van der Waals surface area contributed by atoms with E-state index >= 15 is 0 Å². The summed E-state index contributed by atoms with van der Waals surface area (Å²) in [7, 11) is 0. The van der Waals surface area contributed by atoms with E-state index in [1.165, 1.54) is 6.20 Å². The van der Waals surface area contributed by atoms with Crippen LogP contribution in [0, 0.1) is 0 Å². The summed E-state index contributed by atoms with van der Waals surface area (Å²) in [5.41, 5.74) is 0. The highest BCUT2D eigenvalue weighted by Crippen LogP contribution is 2.07. The Hall–Kier alpha value is -0.680. The van der Waals surface area contributed by atoms with Crippen LogP contribution < -0.4 is 0 Å². The second-order valence-electron chi connectivity index (χ2n) is 2.71. The number of alkyl halides is 1. The van der Waals surface area contributed by atoms with E-state index in [9.17, 15) is 4.79 Å². The zero-order valence-corrected chi connectivity index (χ0v) is 9.51. The topological polar surface area (TPSA) is 46.1 Å². The van der Waals surface area contributed by atoms with Crippen molar-refractivity contribution in [2.75, 3.05) is 19.0 Å². The number of nitrogens with zero attached hydrogens (tertiary/aromatic N) is 3. The molecule has 1 aromatic rings. The van der Waals surface area contributed by atoms with Crippen molar-refractivity contribution in [1.29, 1.82) is 0 Å². The second kappa shape index (κ2) is 5.93. The molecule has 0 bridgehead atoms. The summed E-state index contributed by atoms with van der Waals surface area (Å²) in [6, 6.07) is 0. The van der Waals surface area contributed by atoms with Crippen LogP contribution in [0.25, 0.3) is 0 Å². The van der Waals surface area contributed by atoms with E-state index in [2.05, 4.69) is 9.59 Å². The number of halogens is 1. The molecule has 0 aliphatic carbocycles. The van der Waals surface area contributed by atoms with Crippen LogP contribution in [0.15, 0.2) is 6.20 Å². The molecule has 0 aliphatic rings. The highest BCUT2D eigenvalue weighted by Gasteiger charge is 2.15. The molecule has 1 heterocycles. The lowest BCUT2D eigenvalue weighted by molar-refractivity contribution is 0.0769. The summed E-state index contributed by atoms with van der Waals surface area (Å²) in [6.07, 6.45) is 2.31. The lowest BCUT2D eigenvalue weighted by atomic mass is 10.3. The summed E-state index contributed by atoms with van der Waals surface area (Å²) in [5, 5.41) is 3.64. The van der Waals surface area contributed by atoms with Gasteiger partial charge in [0.1, 0.15) is 4.88 Å². The Morgan fingerprint density at radius 1 is 1.71 bits per heavy atom. The van der Waals surface area contributed by atoms with Crippen molar-refractivity contribution in [1.82, 2.24) is 14.5 Å². The Bertz CT molecular complexity index is 278. The SMILES string of the molecule is CCN(CCCCl)C(=O)c1cnns1. The van der Waals surface area contributed by atoms with E-state index < -0.39 is 0 Å². The third-order valence-corrected chi connectivity index (χ3v) is 2.72. The molecule has 0 N–H and O–H groups in total. The van der Waals surface area contributed by atoms with Crippen molar-refractivity contribution in [3.05, 3.63) is 11.1 Å². The second-order valence-corrected chi connectivity index (χ2v) is 3.87. The van der Waals surface area contributed by atoms with Crippen LogP contribution >= 0.6 is 23.1 Å². The van der Waals surface area contributed by atoms with E-state index in [-0.39, 0.29) is 5.91 Å². The summed E-state index contributed by atoms with van der Waals surface area (Å²) in [5.74, 6) is 0.567. The monoisotopic (exact) mass is 233 g/mol. The van der Waals surface area contributed by atoms with Gasteiger partial charge in [-0.2, -0.15) is 0 Å². The van der Waals surface area contributed by atoms with Gasteiger partial charge in [0.2, 0.25) is 0 Å². The van der Waals surface area contributed by atoms with Gasteiger partial charge in [0, 0.05) is 19.0 Å². The van der Waals surface area contributed by atoms with E-state index in [4.69, 9.17) is 11.6 Å². The zero-order chi connectivity index (χ0) is 10.4. The first-order chi connectivity index (χ1) is 6.79. The van der Waals surface area contributed by atoms with Crippen molar-refractivity contribution in [2.24, 2.45) is 0 Å². The van der Waals surface area contributed by atoms with Gasteiger partial charge >= 0.3 is 0 Å². The molecule has 1 aromatic heterocycles. The van der Waals surface area contributed by atoms with Crippen LogP contribution in [0.1, 0.15) is 23.0 Å². The molecule has 78 valence electrons. The first-order valence-electron chi connectivity index (χ1n) is 4.42. The molecular formula is C8H12ClN3OS. The zero-order valence-electron chi connectivity index (χ0n) is 7.94. The molecule has 4 nitrogen and oxygen atoms in total. The minimum Gasteiger partial charge on any atom is -0.338 e. The van der Waals surface area contributed by atoms with Gasteiger partial charge in [-0.05, 0) is 24.9 Å². The van der Waals surface area contributed by atoms with Gasteiger partial charge < -0.3 is 4.90 Å². The van der Waals surface area contributed by atoms with Gasteiger partial charge in [-0.25, -0.2) is 0 Å². The fourth-order valence-corrected chi connectivity index (χ4v) is 1.67. The first kappa shape index (κ1) is 11.4. The summed E-state index contributed by atoms with van der Waals surface area (Å²) in [6.45, 7) is 3.32. The number of carbonyl (C=O) groups is 1. The molecule has 0 spiro atoms. The Labute approximate surface area is 92.0 Å². The number of carbonyl (C=O) groups excluding carboxylic acids is 1. The molecule has 1 rings (SSSR count). The number of hydrogen-bond acceptors (Lipinski definition) is 4. The molecule has 0 atom stereocenters. The maximum absolute atomic E-state index is 11.8. The Balaban J connectivity index is 2.56. The Kier molecular flexibility index (Phi) is 4.82. The highest BCUT2D eigenvalue weighted by molar-refractivity contribution is 7.07. The first-order valence-corrected chi connectivity index (χ1v) is 5.73. The molecule has 0 unspecified atom stereocenters. The van der Waals surface area contributed by atoms with E-state index in [0.717, 1.165) is 18.0 Å². The smallest absolute Gasteiger partial charge is 0.267 e. The molecule has 0 saturated heterocycles. The molecule has 0 aromatic carbocycles. The minimum absolute atomic E-state index is 0.00684. The number of hydrogen-bond donors (Lipinski definition) is 0. The molecule has 14 heavy (non-hydrogen) atoms. The Morgan fingerprint density at radius 3 is 3.00 bits per heavy atom. The normalized spacial score (nSPS) is 10.1. The van der Waals surface area contributed by atoms with Crippen molar-refractivity contribution in [3.63, 3.8) is 0 Å². The maximum Gasteiger partial charge on any atom is 0.267 e. The van der Waals surface area contributed by atoms with Gasteiger partial charge in [0.05, 0.1) is 6.20 Å². The number of rotatable bonds is 5. The number of amides is 1. The van der Waals surface area contributed by atoms with Crippen molar-refractivity contribution >= 4 is 29.0 Å². The molecule has 6 heteroatoms. The summed E-state index contributed by atoms with van der Waals surface area (Å²) >= 11 is 6.69. The van der Waals surface area contributed by atoms with Crippen LogP contribution in [0.5, 0.6) is 0 Å². The van der Waals surface area contributed by atoms with Crippen LogP contribution in [-0.4, -0.2) is 39.4 Å². The molecule has 1 amide bonds. The molecule has 0 aliphatic heterocycles. The Morgan fingerprint density at radius 2 is 2.50 bits per heavy atom. The van der Waals surface area contributed by atoms with E-state index in [0.29, 0.717) is 23.8 Å². The average molecular weight is 234 g/mol. The van der Waals surface area contributed by atoms with Crippen LogP contribution in [0.3, 0.4) is 0 Å². The van der Waals surface area contributed by atoms with Crippen LogP contribution in [0.2, 0.25) is 0 Å². The summed E-state index contributed by atoms with van der Waals surface area (Å²) < 4.78 is 3.66. The van der Waals surface area contributed by atoms with E-state index in [1.54, 1.807) is 4.90 Å². The van der Waals surface area contributed by atoms with Crippen LogP contribution in [-0.2, 0) is 0 Å². The highest BCUT2D eigenvalue weighted by atomic mass is 35.5. The molecule has 0 saturated carbocycles. The predicted molar refractivity (Wildman–Crippen MR) is 56.8 cm³/mol. The minimum atomic E-state index is -0.00684. The van der Waals surface area contributed by atoms with Crippen LogP contribution in [0.4, 0.5) is 0 Å². The van der Waals surface area contributed by atoms with Gasteiger partial charge in [-0.15, -0.1) is 16.7 Å². The van der Waals surface area contributed by atoms with Gasteiger partial charge in [-0.1, -0.05) is 4.49 Å². The lowest BCUT2D eigenvalue weighted by Gasteiger charge is -2.18. The fraction of sp³-hybridized carbons (Fsp3) is 0.625. The van der Waals surface area contributed by atoms with Crippen molar-refractivity contribution in [2.45, 2.75) is 13.3 Å². The molecule has 0 radical (unpaired) electrons. The predicted octanol–water partition coefficient (Wildman–Crippen LogP) is 1.63. The molecule has 0 fully saturated rings. The fourth-order valence-electron chi connectivity index (χ4n) is 1.07. The maximum atomic E-state index is 11.8. The van der Waals surface area contributed by atoms with Gasteiger partial charge in [-0.3, -0.25) is 4.79 Å². The third kappa shape index (κ3) is 2.92. The van der Waals surface area contributed by atoms with E-state index in [1.807, 2.05) is 6.92 Å². The van der Waals surface area contributed by atoms with Crippen molar-refractivity contribution < 1.29 is 4.79 Å². The lowest BCUT2D eigenvalue weighted by Crippen LogP contribution is -2.31. The largest absolute Gasteiger partial charge is 0.338 e. The average Bonchev–Trinajstić information content (AvgIpc) is 2.71. The van der Waals surface area contributed by atoms with Gasteiger partial charge in [0.25, 0.3) is 5.91 Å². The third-order valence-electron chi connectivity index (χ3n) is 1.80. The molecular weight excluding hydrogens is 222 g/mol. The summed E-state index contributed by atoms with van der Waals surface area (Å²) in [4.78, 5) is 14.1. The number of aromatic nitrogens is 2.